The number of carbonyl (C=O) groups excluding carboxylic acids is 2. The Balaban J connectivity index is 1.46. The normalized spacial score (nSPS) is 11.2. The van der Waals surface area contributed by atoms with Crippen LogP contribution in [-0.2, 0) is 20.7 Å². The zero-order chi connectivity index (χ0) is 28.1. The van der Waals surface area contributed by atoms with Crippen molar-refractivity contribution in [2.75, 3.05) is 19.0 Å². The zero-order valence-corrected chi connectivity index (χ0v) is 22.2. The fourth-order valence-electron chi connectivity index (χ4n) is 4.33. The van der Waals surface area contributed by atoms with Crippen LogP contribution in [0, 0.1) is 18.6 Å². The molecular formula is C28H30F2N6O3. The predicted molar refractivity (Wildman–Crippen MR) is 143 cm³/mol. The molecule has 2 heterocycles. The van der Waals surface area contributed by atoms with Gasteiger partial charge in [-0.3, -0.25) is 9.59 Å². The third kappa shape index (κ3) is 6.54. The first-order chi connectivity index (χ1) is 18.7. The van der Waals surface area contributed by atoms with Crippen molar-refractivity contribution in [2.24, 2.45) is 0 Å². The maximum atomic E-state index is 14.9. The van der Waals surface area contributed by atoms with Crippen LogP contribution in [0.25, 0.3) is 22.3 Å². The van der Waals surface area contributed by atoms with Crippen LogP contribution in [0.4, 0.5) is 20.4 Å². The van der Waals surface area contributed by atoms with Crippen LogP contribution in [0.2, 0.25) is 0 Å². The van der Waals surface area contributed by atoms with Gasteiger partial charge in [-0.25, -0.2) is 23.7 Å². The summed E-state index contributed by atoms with van der Waals surface area (Å²) in [5.41, 5.74) is 2.44. The van der Waals surface area contributed by atoms with E-state index in [2.05, 4.69) is 30.3 Å². The van der Waals surface area contributed by atoms with E-state index in [1.54, 1.807) is 37.3 Å². The largest absolute Gasteiger partial charge is 0.469 e. The number of aryl methyl sites for hydroxylation is 1. The molecule has 0 aliphatic heterocycles. The topological polar surface area (TPSA) is 111 Å². The van der Waals surface area contributed by atoms with E-state index >= 15 is 0 Å². The van der Waals surface area contributed by atoms with Crippen molar-refractivity contribution in [3.8, 4) is 11.3 Å². The minimum Gasteiger partial charge on any atom is -0.469 e. The van der Waals surface area contributed by atoms with Crippen molar-refractivity contribution < 1.29 is 23.1 Å². The van der Waals surface area contributed by atoms with Gasteiger partial charge >= 0.3 is 5.97 Å². The number of nitrogens with one attached hydrogen (secondary N) is 2. The summed E-state index contributed by atoms with van der Waals surface area (Å²) in [5, 5.41) is 5.79. The van der Waals surface area contributed by atoms with E-state index in [1.807, 2.05) is 18.4 Å². The van der Waals surface area contributed by atoms with Gasteiger partial charge in [0.25, 0.3) is 0 Å². The highest BCUT2D eigenvalue weighted by atomic mass is 19.1. The first kappa shape index (κ1) is 27.6. The van der Waals surface area contributed by atoms with Gasteiger partial charge in [-0.1, -0.05) is 12.1 Å². The van der Waals surface area contributed by atoms with Crippen LogP contribution in [0.5, 0.6) is 0 Å². The average molecular weight is 537 g/mol. The lowest BCUT2D eigenvalue weighted by molar-refractivity contribution is -0.140. The lowest BCUT2D eigenvalue weighted by Gasteiger charge is -2.12. The van der Waals surface area contributed by atoms with E-state index in [0.717, 1.165) is 11.8 Å². The molecule has 0 radical (unpaired) electrons. The SMILES string of the molecule is COC(=O)CCCNC(=O)Cc1ccc(Nc2ncc(F)c(-c3cc(F)c4nc(C)n(C(C)C)c4c3)n2)cc1. The molecule has 0 atom stereocenters. The molecule has 204 valence electrons. The number of ether oxygens (including phenoxy) is 1. The van der Waals surface area contributed by atoms with E-state index in [0.29, 0.717) is 30.0 Å². The fourth-order valence-corrected chi connectivity index (χ4v) is 4.33. The number of methoxy groups -OCH3 is 1. The van der Waals surface area contributed by atoms with Crippen LogP contribution in [-0.4, -0.2) is 45.1 Å². The molecule has 0 fully saturated rings. The van der Waals surface area contributed by atoms with Crippen molar-refractivity contribution in [3.05, 3.63) is 65.6 Å². The highest BCUT2D eigenvalue weighted by molar-refractivity contribution is 5.83. The molecule has 0 saturated heterocycles. The molecule has 4 aromatic rings. The first-order valence-electron chi connectivity index (χ1n) is 12.6. The molecule has 4 rings (SSSR count). The quantitative estimate of drug-likeness (QED) is 0.216. The van der Waals surface area contributed by atoms with E-state index < -0.39 is 11.6 Å². The van der Waals surface area contributed by atoms with Crippen molar-refractivity contribution >= 4 is 34.5 Å². The number of halogens is 2. The minimum absolute atomic E-state index is 0.0389. The van der Waals surface area contributed by atoms with Crippen molar-refractivity contribution in [1.29, 1.82) is 0 Å². The lowest BCUT2D eigenvalue weighted by atomic mass is 10.1. The van der Waals surface area contributed by atoms with Crippen LogP contribution in [0.15, 0.2) is 42.6 Å². The van der Waals surface area contributed by atoms with Gasteiger partial charge in [-0.2, -0.15) is 0 Å². The second-order valence-corrected chi connectivity index (χ2v) is 9.37. The number of nitrogens with zero attached hydrogens (tertiary/aromatic N) is 4. The van der Waals surface area contributed by atoms with Gasteiger partial charge in [-0.15, -0.1) is 0 Å². The zero-order valence-electron chi connectivity index (χ0n) is 22.2. The monoisotopic (exact) mass is 536 g/mol. The Hall–Kier alpha value is -4.41. The van der Waals surface area contributed by atoms with Crippen LogP contribution < -0.4 is 10.6 Å². The molecule has 0 unspecified atom stereocenters. The molecule has 0 bridgehead atoms. The molecule has 2 N–H and O–H groups in total. The molecule has 9 nitrogen and oxygen atoms in total. The summed E-state index contributed by atoms with van der Waals surface area (Å²) in [4.78, 5) is 35.9. The molecule has 1 amide bonds. The van der Waals surface area contributed by atoms with E-state index in [4.69, 9.17) is 0 Å². The maximum absolute atomic E-state index is 14.9. The molecule has 2 aromatic carbocycles. The molecule has 39 heavy (non-hydrogen) atoms. The van der Waals surface area contributed by atoms with Crippen molar-refractivity contribution in [2.45, 2.75) is 46.1 Å². The number of aromatic nitrogens is 4. The van der Waals surface area contributed by atoms with Gasteiger partial charge in [0.1, 0.15) is 17.0 Å². The van der Waals surface area contributed by atoms with Gasteiger partial charge in [0.15, 0.2) is 11.6 Å². The summed E-state index contributed by atoms with van der Waals surface area (Å²) >= 11 is 0. The van der Waals surface area contributed by atoms with Gasteiger partial charge in [0, 0.05) is 30.3 Å². The second kappa shape index (κ2) is 12.0. The molecule has 0 saturated carbocycles. The summed E-state index contributed by atoms with van der Waals surface area (Å²) in [7, 11) is 1.33. The lowest BCUT2D eigenvalue weighted by Crippen LogP contribution is -2.26. The Morgan fingerprint density at radius 1 is 1.08 bits per heavy atom. The number of anilines is 2. The molecular weight excluding hydrogens is 506 g/mol. The van der Waals surface area contributed by atoms with Gasteiger partial charge in [0.05, 0.1) is 25.2 Å². The highest BCUT2D eigenvalue weighted by Gasteiger charge is 2.18. The van der Waals surface area contributed by atoms with Crippen molar-refractivity contribution in [3.63, 3.8) is 0 Å². The molecule has 0 spiro atoms. The Bertz CT molecular complexity index is 1500. The summed E-state index contributed by atoms with van der Waals surface area (Å²) in [6.07, 6.45) is 1.96. The number of esters is 1. The number of hydrogen-bond donors (Lipinski definition) is 2. The number of imidazole rings is 1. The number of rotatable bonds is 10. The average Bonchev–Trinajstić information content (AvgIpc) is 3.25. The summed E-state index contributed by atoms with van der Waals surface area (Å²) in [6.45, 7) is 6.13. The maximum Gasteiger partial charge on any atom is 0.305 e. The Morgan fingerprint density at radius 3 is 2.51 bits per heavy atom. The number of amides is 1. The Labute approximate surface area is 224 Å². The summed E-state index contributed by atoms with van der Waals surface area (Å²) in [5.74, 6) is -0.908. The molecule has 0 aliphatic rings. The summed E-state index contributed by atoms with van der Waals surface area (Å²) in [6, 6.07) is 10.0. The minimum atomic E-state index is -0.681. The van der Waals surface area contributed by atoms with Gasteiger partial charge in [0.2, 0.25) is 11.9 Å². The molecule has 11 heteroatoms. The van der Waals surface area contributed by atoms with E-state index in [-0.39, 0.29) is 53.5 Å². The Kier molecular flexibility index (Phi) is 8.48. The number of hydrogen-bond acceptors (Lipinski definition) is 7. The standard InChI is InChI=1S/C28H30F2N6O3/c1-16(2)36-17(3)33-27-21(29)13-19(14-23(27)36)26-22(30)15-32-28(35-26)34-20-9-7-18(8-10-20)12-24(37)31-11-5-6-25(38)39-4/h7-10,13-16H,5-6,11-12H2,1-4H3,(H,31,37)(H,32,34,35). The first-order valence-corrected chi connectivity index (χ1v) is 12.6. The number of benzene rings is 2. The van der Waals surface area contributed by atoms with Gasteiger partial charge < -0.3 is 19.9 Å². The van der Waals surface area contributed by atoms with Crippen LogP contribution in [0.1, 0.15) is 44.1 Å². The smallest absolute Gasteiger partial charge is 0.305 e. The van der Waals surface area contributed by atoms with Crippen molar-refractivity contribution in [1.82, 2.24) is 24.8 Å². The van der Waals surface area contributed by atoms with E-state index in [9.17, 15) is 18.4 Å². The third-order valence-corrected chi connectivity index (χ3v) is 6.14. The highest BCUT2D eigenvalue weighted by Crippen LogP contribution is 2.30. The molecule has 2 aromatic heterocycles. The van der Waals surface area contributed by atoms with E-state index in [1.165, 1.54) is 13.2 Å². The number of fused-ring (bicyclic) bond motifs is 1. The predicted octanol–water partition coefficient (Wildman–Crippen LogP) is 5.02. The third-order valence-electron chi connectivity index (χ3n) is 6.14. The fraction of sp³-hybridized carbons (Fsp3) is 0.321. The van der Waals surface area contributed by atoms with Gasteiger partial charge in [-0.05, 0) is 57.0 Å². The second-order valence-electron chi connectivity index (χ2n) is 9.37. The van der Waals surface area contributed by atoms with Crippen LogP contribution >= 0.6 is 0 Å². The number of carbonyl (C=O) groups is 2. The van der Waals surface area contributed by atoms with Crippen LogP contribution in [0.3, 0.4) is 0 Å². The molecule has 0 aliphatic carbocycles. The summed E-state index contributed by atoms with van der Waals surface area (Å²) < 4.78 is 36.2. The Morgan fingerprint density at radius 2 is 1.82 bits per heavy atom.